The molecule has 1 heterocycles. The zero-order valence-electron chi connectivity index (χ0n) is 21.4. The van der Waals surface area contributed by atoms with Gasteiger partial charge in [0.1, 0.15) is 11.5 Å². The van der Waals surface area contributed by atoms with Crippen LogP contribution in [-0.2, 0) is 4.74 Å². The molecule has 4 aromatic rings. The number of ether oxygens (including phenoxy) is 2. The van der Waals surface area contributed by atoms with E-state index in [9.17, 15) is 32.7 Å². The number of halogens is 3. The second kappa shape index (κ2) is 12.2. The third kappa shape index (κ3) is 7.60. The summed E-state index contributed by atoms with van der Waals surface area (Å²) < 4.78 is 46.5. The number of nitrogens with one attached hydrogen (secondary N) is 2. The van der Waals surface area contributed by atoms with Gasteiger partial charge in [-0.05, 0) is 59.7 Å². The fourth-order valence-electron chi connectivity index (χ4n) is 3.66. The van der Waals surface area contributed by atoms with E-state index in [1.54, 1.807) is 48.5 Å². The number of amides is 2. The number of hydrogen-bond acceptors (Lipinski definition) is 7. The molecular weight excluding hydrogens is 543 g/mol. The van der Waals surface area contributed by atoms with Gasteiger partial charge < -0.3 is 25.2 Å². The summed E-state index contributed by atoms with van der Waals surface area (Å²) in [5, 5.41) is 14.8. The first-order chi connectivity index (χ1) is 19.5. The molecule has 3 aromatic carbocycles. The topological polar surface area (TPSA) is 127 Å². The predicted molar refractivity (Wildman–Crippen MR) is 143 cm³/mol. The van der Waals surface area contributed by atoms with Crippen molar-refractivity contribution in [2.24, 2.45) is 0 Å². The molecule has 0 aliphatic rings. The number of hydrogen-bond donors (Lipinski definition) is 3. The molecule has 41 heavy (non-hydrogen) atoms. The van der Waals surface area contributed by atoms with Gasteiger partial charge in [-0.1, -0.05) is 24.3 Å². The summed E-state index contributed by atoms with van der Waals surface area (Å²) >= 11 is 0. The number of esters is 1. The first-order valence-electron chi connectivity index (χ1n) is 11.9. The average Bonchev–Trinajstić information content (AvgIpc) is 2.96. The van der Waals surface area contributed by atoms with Gasteiger partial charge in [-0.15, -0.1) is 0 Å². The quantitative estimate of drug-likeness (QED) is 0.235. The second-order valence-electron chi connectivity index (χ2n) is 8.60. The Labute approximate surface area is 231 Å². The van der Waals surface area contributed by atoms with Gasteiger partial charge >= 0.3 is 12.1 Å². The first kappa shape index (κ1) is 28.6. The lowest BCUT2D eigenvalue weighted by atomic mass is 10.0. The Morgan fingerprint density at radius 1 is 0.805 bits per heavy atom. The van der Waals surface area contributed by atoms with Crippen LogP contribution in [0.3, 0.4) is 0 Å². The maximum Gasteiger partial charge on any atom is 0.422 e. The highest BCUT2D eigenvalue weighted by Crippen LogP contribution is 2.29. The van der Waals surface area contributed by atoms with Crippen molar-refractivity contribution in [1.29, 1.82) is 0 Å². The number of pyridine rings is 1. The Morgan fingerprint density at radius 3 is 2.05 bits per heavy atom. The molecule has 0 aliphatic carbocycles. The fourth-order valence-corrected chi connectivity index (χ4v) is 3.66. The van der Waals surface area contributed by atoms with Gasteiger partial charge in [0.2, 0.25) is 0 Å². The molecule has 0 atom stereocenters. The van der Waals surface area contributed by atoms with Crippen LogP contribution in [0.2, 0.25) is 0 Å². The number of alkyl halides is 3. The van der Waals surface area contributed by atoms with Gasteiger partial charge in [0.15, 0.2) is 6.61 Å². The lowest BCUT2D eigenvalue weighted by Crippen LogP contribution is -2.21. The number of anilines is 2. The van der Waals surface area contributed by atoms with Crippen LogP contribution in [0.25, 0.3) is 11.1 Å². The number of carbonyl (C=O) groups is 3. The number of benzene rings is 3. The van der Waals surface area contributed by atoms with Crippen LogP contribution in [0.5, 0.6) is 11.5 Å². The average molecular weight is 566 g/mol. The molecule has 1 aromatic heterocycles. The highest BCUT2D eigenvalue weighted by Gasteiger charge is 2.30. The highest BCUT2D eigenvalue weighted by atomic mass is 19.4. The molecule has 0 saturated carbocycles. The van der Waals surface area contributed by atoms with Crippen molar-refractivity contribution in [2.75, 3.05) is 24.4 Å². The molecule has 0 bridgehead atoms. The Morgan fingerprint density at radius 2 is 1.41 bits per heavy atom. The van der Waals surface area contributed by atoms with Crippen LogP contribution < -0.4 is 15.4 Å². The summed E-state index contributed by atoms with van der Waals surface area (Å²) in [6.07, 6.45) is -2.59. The maximum absolute atomic E-state index is 12.9. The van der Waals surface area contributed by atoms with Crippen LogP contribution in [-0.4, -0.2) is 47.8 Å². The molecular formula is C29H22F3N3O6. The molecule has 3 N–H and O–H groups in total. The Hall–Kier alpha value is -5.39. The van der Waals surface area contributed by atoms with Gasteiger partial charge in [0.05, 0.1) is 23.9 Å². The smallest absolute Gasteiger partial charge is 0.422 e. The van der Waals surface area contributed by atoms with Crippen LogP contribution in [0.1, 0.15) is 31.1 Å². The Balaban J connectivity index is 1.46. The normalized spacial score (nSPS) is 10.9. The zero-order chi connectivity index (χ0) is 29.6. The van der Waals surface area contributed by atoms with E-state index in [0.717, 1.165) is 29.6 Å². The van der Waals surface area contributed by atoms with Gasteiger partial charge in [-0.3, -0.25) is 14.6 Å². The maximum atomic E-state index is 12.9. The number of carbonyl (C=O) groups excluding carboxylic acids is 3. The van der Waals surface area contributed by atoms with Crippen molar-refractivity contribution in [1.82, 2.24) is 4.98 Å². The lowest BCUT2D eigenvalue weighted by Gasteiger charge is -2.13. The van der Waals surface area contributed by atoms with Crippen LogP contribution in [0.15, 0.2) is 85.2 Å². The Kier molecular flexibility index (Phi) is 8.51. The summed E-state index contributed by atoms with van der Waals surface area (Å²) in [6.45, 7) is -1.77. The molecule has 12 heteroatoms. The molecule has 0 unspecified atom stereocenters. The van der Waals surface area contributed by atoms with Crippen molar-refractivity contribution in [3.8, 4) is 22.6 Å². The summed E-state index contributed by atoms with van der Waals surface area (Å²) in [4.78, 5) is 41.3. The van der Waals surface area contributed by atoms with Crippen LogP contribution in [0.4, 0.5) is 24.5 Å². The summed E-state index contributed by atoms with van der Waals surface area (Å²) in [5.41, 5.74) is 2.11. The number of phenols is 1. The molecule has 210 valence electrons. The third-order valence-corrected chi connectivity index (χ3v) is 5.66. The van der Waals surface area contributed by atoms with Crippen molar-refractivity contribution < 1.29 is 42.1 Å². The van der Waals surface area contributed by atoms with Gasteiger partial charge in [-0.2, -0.15) is 13.2 Å². The SMILES string of the molecule is COc1ccc(NC(=O)c2cncc(C(=O)OCC(F)(F)F)c2)cc1NC(=O)c1ccc(-c2ccc(O)cc2)cc1. The number of rotatable bonds is 8. The summed E-state index contributed by atoms with van der Waals surface area (Å²) in [6, 6.07) is 18.9. The monoisotopic (exact) mass is 565 g/mol. The number of phenolic OH excluding ortho intramolecular Hbond substituents is 1. The molecule has 0 radical (unpaired) electrons. The molecule has 0 aliphatic heterocycles. The van der Waals surface area contributed by atoms with Gasteiger partial charge in [0, 0.05) is 23.6 Å². The molecule has 4 rings (SSSR count). The largest absolute Gasteiger partial charge is 0.508 e. The number of nitrogens with zero attached hydrogens (tertiary/aromatic N) is 1. The zero-order valence-corrected chi connectivity index (χ0v) is 21.4. The van der Waals surface area contributed by atoms with Crippen LogP contribution in [0, 0.1) is 0 Å². The van der Waals surface area contributed by atoms with Crippen molar-refractivity contribution in [3.05, 3.63) is 102 Å². The number of aromatic nitrogens is 1. The van der Waals surface area contributed by atoms with E-state index in [1.807, 2.05) is 0 Å². The number of aromatic hydroxyl groups is 1. The van der Waals surface area contributed by atoms with E-state index in [4.69, 9.17) is 4.74 Å². The molecule has 0 saturated heterocycles. The van der Waals surface area contributed by atoms with E-state index < -0.39 is 30.6 Å². The lowest BCUT2D eigenvalue weighted by molar-refractivity contribution is -0.161. The molecule has 0 fully saturated rings. The van der Waals surface area contributed by atoms with E-state index >= 15 is 0 Å². The van der Waals surface area contributed by atoms with Crippen molar-refractivity contribution in [3.63, 3.8) is 0 Å². The van der Waals surface area contributed by atoms with Gasteiger partial charge in [0.25, 0.3) is 11.8 Å². The van der Waals surface area contributed by atoms with E-state index in [-0.39, 0.29) is 28.3 Å². The summed E-state index contributed by atoms with van der Waals surface area (Å²) in [7, 11) is 1.41. The highest BCUT2D eigenvalue weighted by molar-refractivity contribution is 6.07. The molecule has 9 nitrogen and oxygen atoms in total. The fraction of sp³-hybridized carbons (Fsp3) is 0.103. The molecule has 2 amide bonds. The third-order valence-electron chi connectivity index (χ3n) is 5.66. The van der Waals surface area contributed by atoms with Gasteiger partial charge in [-0.25, -0.2) is 4.79 Å². The van der Waals surface area contributed by atoms with Crippen molar-refractivity contribution in [2.45, 2.75) is 6.18 Å². The summed E-state index contributed by atoms with van der Waals surface area (Å²) in [5.74, 6) is -1.98. The van der Waals surface area contributed by atoms with Crippen LogP contribution >= 0.6 is 0 Å². The van der Waals surface area contributed by atoms with E-state index in [2.05, 4.69) is 20.4 Å². The van der Waals surface area contributed by atoms with E-state index in [1.165, 1.54) is 25.3 Å². The standard InChI is InChI=1S/C29H22F3N3O6/c1-40-25-11-8-22(34-27(38)20-12-21(15-33-14-20)28(39)41-16-29(30,31)32)13-24(25)35-26(37)19-4-2-17(3-5-19)18-6-9-23(36)10-7-18/h2-15,36H,16H2,1H3,(H,34,38)(H,35,37). The van der Waals surface area contributed by atoms with Crippen molar-refractivity contribution >= 4 is 29.2 Å². The molecule has 0 spiro atoms. The second-order valence-corrected chi connectivity index (χ2v) is 8.60. The minimum Gasteiger partial charge on any atom is -0.508 e. The minimum atomic E-state index is -4.70. The minimum absolute atomic E-state index is 0.110. The number of methoxy groups -OCH3 is 1. The van der Waals surface area contributed by atoms with E-state index in [0.29, 0.717) is 11.3 Å². The predicted octanol–water partition coefficient (Wildman–Crippen LogP) is 5.69. The first-order valence-corrected chi connectivity index (χ1v) is 11.9. The Bertz CT molecular complexity index is 1570.